The predicted molar refractivity (Wildman–Crippen MR) is 200 cm³/mol. The first kappa shape index (κ1) is 41.6. The first-order valence-corrected chi connectivity index (χ1v) is 21.5. The van der Waals surface area contributed by atoms with E-state index >= 15 is 0 Å². The summed E-state index contributed by atoms with van der Waals surface area (Å²) in [5, 5.41) is 25.8. The summed E-state index contributed by atoms with van der Waals surface area (Å²) in [5.41, 5.74) is 2.35. The molecule has 1 saturated carbocycles. The van der Waals surface area contributed by atoms with Gasteiger partial charge in [-0.1, -0.05) is 106 Å². The van der Waals surface area contributed by atoms with E-state index in [1.807, 2.05) is 67.6 Å². The molecule has 0 radical (unpaired) electrons. The maximum absolute atomic E-state index is 13.9. The molecule has 0 saturated heterocycles. The van der Waals surface area contributed by atoms with Crippen molar-refractivity contribution in [3.05, 3.63) is 90.0 Å². The number of sulfonamides is 2. The summed E-state index contributed by atoms with van der Waals surface area (Å²) in [6.45, 7) is 2.60. The molecule has 4 atom stereocenters. The number of ether oxygens (including phenoxy) is 1. The maximum atomic E-state index is 13.9. The number of aliphatic hydroxyl groups excluding tert-OH is 2. The number of aromatic nitrogens is 2. The van der Waals surface area contributed by atoms with E-state index in [1.54, 1.807) is 17.1 Å². The molecule has 288 valence electrons. The van der Waals surface area contributed by atoms with E-state index in [0.29, 0.717) is 25.1 Å². The van der Waals surface area contributed by atoms with Gasteiger partial charge in [-0.25, -0.2) is 26.5 Å². The van der Waals surface area contributed by atoms with Crippen LogP contribution in [0.3, 0.4) is 0 Å². The lowest BCUT2D eigenvalue weighted by molar-refractivity contribution is -0.122. The van der Waals surface area contributed by atoms with Crippen LogP contribution in [-0.2, 0) is 55.8 Å². The lowest BCUT2D eigenvalue weighted by Gasteiger charge is -2.34. The third-order valence-corrected chi connectivity index (χ3v) is 12.1. The van der Waals surface area contributed by atoms with Crippen molar-refractivity contribution >= 4 is 26.0 Å². The van der Waals surface area contributed by atoms with Crippen LogP contribution in [0.4, 0.5) is 0 Å². The number of aryl methyl sites for hydroxylation is 1. The van der Waals surface area contributed by atoms with Gasteiger partial charge in [0.25, 0.3) is 5.91 Å². The monoisotopic (exact) mass is 761 g/mol. The molecular weight excluding hydrogens is 707 g/mol. The van der Waals surface area contributed by atoms with Gasteiger partial charge in [0.2, 0.25) is 20.0 Å². The summed E-state index contributed by atoms with van der Waals surface area (Å²) in [7, 11) is -7.99. The molecule has 15 heteroatoms. The fourth-order valence-electron chi connectivity index (χ4n) is 6.48. The number of carbonyl (C=O) groups is 1. The molecule has 1 amide bonds. The van der Waals surface area contributed by atoms with Gasteiger partial charge in [0.05, 0.1) is 42.7 Å². The summed E-state index contributed by atoms with van der Waals surface area (Å²) in [5.74, 6) is -1.73. The topological polar surface area (TPSA) is 189 Å². The number of hydrogen-bond acceptors (Lipinski definition) is 10. The molecule has 1 aliphatic rings. The lowest BCUT2D eigenvalue weighted by atomic mass is 9.83. The molecule has 0 spiro atoms. The van der Waals surface area contributed by atoms with Gasteiger partial charge in [-0.3, -0.25) is 9.52 Å². The van der Waals surface area contributed by atoms with Crippen molar-refractivity contribution in [3.8, 4) is 0 Å². The number of unbranched alkanes of at least 4 members (excludes halogenated alkanes) is 1. The Morgan fingerprint density at radius 1 is 0.962 bits per heavy atom. The zero-order valence-electron chi connectivity index (χ0n) is 30.0. The summed E-state index contributed by atoms with van der Waals surface area (Å²) in [6.07, 6.45) is 6.65. The van der Waals surface area contributed by atoms with Gasteiger partial charge < -0.3 is 24.8 Å². The second-order valence-corrected chi connectivity index (χ2v) is 17.4. The van der Waals surface area contributed by atoms with Crippen molar-refractivity contribution in [3.63, 3.8) is 0 Å². The number of imidazole rings is 1. The average molecular weight is 762 g/mol. The number of amides is 1. The van der Waals surface area contributed by atoms with Gasteiger partial charge in [-0.2, -0.15) is 0 Å². The van der Waals surface area contributed by atoms with E-state index in [4.69, 9.17) is 4.74 Å². The third kappa shape index (κ3) is 14.3. The molecule has 0 unspecified atom stereocenters. The van der Waals surface area contributed by atoms with Crippen molar-refractivity contribution in [2.75, 3.05) is 18.1 Å². The largest absolute Gasteiger partial charge is 0.389 e. The number of benzene rings is 2. The van der Waals surface area contributed by atoms with Crippen LogP contribution >= 0.6 is 0 Å². The minimum absolute atomic E-state index is 0.0322. The minimum Gasteiger partial charge on any atom is -0.389 e. The Morgan fingerprint density at radius 3 is 2.31 bits per heavy atom. The third-order valence-electron chi connectivity index (χ3n) is 9.40. The highest BCUT2D eigenvalue weighted by Crippen LogP contribution is 2.29. The molecule has 3 aromatic rings. The molecule has 5 N–H and O–H groups in total. The van der Waals surface area contributed by atoms with Crippen molar-refractivity contribution in [1.82, 2.24) is 24.3 Å². The molecule has 1 fully saturated rings. The van der Waals surface area contributed by atoms with Crippen molar-refractivity contribution in [2.24, 2.45) is 5.92 Å². The van der Waals surface area contributed by atoms with Crippen LogP contribution < -0.4 is 14.8 Å². The number of rotatable bonds is 23. The van der Waals surface area contributed by atoms with Crippen LogP contribution in [0.1, 0.15) is 75.1 Å². The lowest BCUT2D eigenvalue weighted by Crippen LogP contribution is -2.57. The number of nitrogens with zero attached hydrogens (tertiary/aromatic N) is 2. The fourth-order valence-corrected chi connectivity index (χ4v) is 8.76. The number of hydrogen-bond donors (Lipinski definition) is 5. The normalized spacial score (nSPS) is 16.6. The second kappa shape index (κ2) is 20.9. The number of aliphatic hydroxyl groups is 2. The zero-order chi connectivity index (χ0) is 37.4. The summed E-state index contributed by atoms with van der Waals surface area (Å²) < 4.78 is 64.2. The molecule has 1 aliphatic carbocycles. The highest BCUT2D eigenvalue weighted by Gasteiger charge is 2.36. The van der Waals surface area contributed by atoms with Crippen LogP contribution in [0.25, 0.3) is 0 Å². The summed E-state index contributed by atoms with van der Waals surface area (Å²) >= 11 is 0. The van der Waals surface area contributed by atoms with Crippen LogP contribution in [0.5, 0.6) is 0 Å². The van der Waals surface area contributed by atoms with Crippen LogP contribution in [0.15, 0.2) is 73.2 Å². The van der Waals surface area contributed by atoms with Gasteiger partial charge in [-0.15, -0.1) is 0 Å². The van der Waals surface area contributed by atoms with Crippen LogP contribution in [0.2, 0.25) is 0 Å². The van der Waals surface area contributed by atoms with E-state index in [2.05, 4.69) is 19.7 Å². The maximum Gasteiger partial charge on any atom is 0.250 e. The fraction of sp³-hybridized carbons (Fsp3) is 0.568. The molecule has 0 bridgehead atoms. The van der Waals surface area contributed by atoms with Crippen molar-refractivity contribution in [2.45, 2.75) is 109 Å². The van der Waals surface area contributed by atoms with Crippen molar-refractivity contribution < 1.29 is 36.6 Å². The predicted octanol–water partition coefficient (Wildman–Crippen LogP) is 3.03. The Labute approximate surface area is 308 Å². The van der Waals surface area contributed by atoms with E-state index in [0.717, 1.165) is 49.7 Å². The SMILES string of the molecule is CCCCNS(=O)(=O)C[C@@H](O)[C@@H](O)[C@@H](CC1CCCCC1)N[C@@H](Cc1cncn1COCc1ccccc1)C(=O)NS(=O)(=O)CCc1ccccc1. The van der Waals surface area contributed by atoms with Gasteiger partial charge in [0, 0.05) is 30.9 Å². The molecule has 0 aliphatic heterocycles. The molecular formula is C37H55N5O8S2. The average Bonchev–Trinajstić information content (AvgIpc) is 3.57. The van der Waals surface area contributed by atoms with Gasteiger partial charge in [0.1, 0.15) is 6.73 Å². The van der Waals surface area contributed by atoms with Gasteiger partial charge >= 0.3 is 0 Å². The summed E-state index contributed by atoms with van der Waals surface area (Å²) in [4.78, 5) is 18.2. The molecule has 52 heavy (non-hydrogen) atoms. The number of nitrogens with one attached hydrogen (secondary N) is 3. The van der Waals surface area contributed by atoms with Crippen molar-refractivity contribution in [1.29, 1.82) is 0 Å². The molecule has 1 heterocycles. The first-order valence-electron chi connectivity index (χ1n) is 18.2. The molecule has 13 nitrogen and oxygen atoms in total. The van der Waals surface area contributed by atoms with Gasteiger partial charge in [-0.05, 0) is 36.3 Å². The van der Waals surface area contributed by atoms with Crippen LogP contribution in [-0.4, -0.2) is 84.8 Å². The quantitative estimate of drug-likeness (QED) is 0.0899. The standard InChI is InChI=1S/C37H55N5O8S2/c1-2-3-20-39-52(48,49)26-35(43)36(44)33(22-30-15-9-5-10-16-30)40-34(37(45)41-51(46,47)21-19-29-13-7-4-8-14-29)23-32-24-38-27-42(32)28-50-25-31-17-11-6-12-18-31/h4,6-8,11-14,17-18,24,27,30,33-36,39-40,43-44H,2-3,5,9-10,15-16,19-23,25-26,28H2,1H3,(H,41,45)/t33-,34+,35-,36+/m1/s1. The van der Waals surface area contributed by atoms with Gasteiger partial charge in [0.15, 0.2) is 0 Å². The van der Waals surface area contributed by atoms with E-state index < -0.39 is 56.0 Å². The Balaban J connectivity index is 1.55. The Kier molecular flexibility index (Phi) is 16.7. The second-order valence-electron chi connectivity index (χ2n) is 13.7. The van der Waals surface area contributed by atoms with E-state index in [1.165, 1.54) is 0 Å². The van der Waals surface area contributed by atoms with E-state index in [9.17, 15) is 31.8 Å². The summed E-state index contributed by atoms with van der Waals surface area (Å²) in [6, 6.07) is 16.6. The Hall–Kier alpha value is -3.18. The molecule has 1 aromatic heterocycles. The first-order chi connectivity index (χ1) is 24.9. The number of carbonyl (C=O) groups excluding carboxylic acids is 1. The Morgan fingerprint density at radius 2 is 1.63 bits per heavy atom. The van der Waals surface area contributed by atoms with E-state index in [-0.39, 0.29) is 37.8 Å². The Bertz CT molecular complexity index is 1700. The van der Waals surface area contributed by atoms with Crippen LogP contribution in [0, 0.1) is 5.92 Å². The molecule has 4 rings (SSSR count). The highest BCUT2D eigenvalue weighted by atomic mass is 32.2. The smallest absolute Gasteiger partial charge is 0.250 e. The minimum atomic E-state index is -4.08. The zero-order valence-corrected chi connectivity index (χ0v) is 31.6. The highest BCUT2D eigenvalue weighted by molar-refractivity contribution is 7.90. The molecule has 2 aromatic carbocycles.